The molecule has 0 bridgehead atoms. The van der Waals surface area contributed by atoms with Crippen LogP contribution in [0.2, 0.25) is 0 Å². The van der Waals surface area contributed by atoms with Gasteiger partial charge in [0.05, 0.1) is 14.2 Å². The van der Waals surface area contributed by atoms with Gasteiger partial charge in [0.2, 0.25) is 0 Å². The molecule has 25 heavy (non-hydrogen) atoms. The molecule has 0 spiro atoms. The second-order valence-corrected chi connectivity index (χ2v) is 6.11. The molecule has 3 rings (SSSR count). The van der Waals surface area contributed by atoms with E-state index in [1.807, 2.05) is 31.3 Å². The molecular weight excluding hydrogens is 320 g/mol. The van der Waals surface area contributed by atoms with Crippen LogP contribution in [0, 0.1) is 0 Å². The van der Waals surface area contributed by atoms with E-state index in [0.717, 1.165) is 11.3 Å². The summed E-state index contributed by atoms with van der Waals surface area (Å²) in [7, 11) is 5.09. The molecule has 0 aliphatic carbocycles. The number of hydrogen-bond acceptors (Lipinski definition) is 6. The zero-order valence-corrected chi connectivity index (χ0v) is 15.1. The third-order valence-electron chi connectivity index (χ3n) is 3.94. The van der Waals surface area contributed by atoms with Crippen molar-refractivity contribution in [1.82, 2.24) is 19.9 Å². The van der Waals surface area contributed by atoms with Crippen LogP contribution in [-0.2, 0) is 13.5 Å². The Morgan fingerprint density at radius 1 is 1.12 bits per heavy atom. The lowest BCUT2D eigenvalue weighted by Crippen LogP contribution is -1.96. The van der Waals surface area contributed by atoms with Gasteiger partial charge in [-0.3, -0.25) is 0 Å². The number of hydrogen-bond donors (Lipinski definition) is 0. The normalized spacial score (nSPS) is 11.1. The van der Waals surface area contributed by atoms with Crippen LogP contribution in [0.3, 0.4) is 0 Å². The summed E-state index contributed by atoms with van der Waals surface area (Å²) < 4.78 is 17.7. The van der Waals surface area contributed by atoms with E-state index in [2.05, 4.69) is 29.1 Å². The van der Waals surface area contributed by atoms with E-state index in [0.29, 0.717) is 35.3 Å². The van der Waals surface area contributed by atoms with Crippen LogP contribution >= 0.6 is 0 Å². The first-order valence-electron chi connectivity index (χ1n) is 8.09. The van der Waals surface area contributed by atoms with Gasteiger partial charge in [-0.1, -0.05) is 25.1 Å². The molecule has 2 heterocycles. The van der Waals surface area contributed by atoms with Gasteiger partial charge in [0, 0.05) is 25.5 Å². The van der Waals surface area contributed by atoms with Gasteiger partial charge in [-0.05, 0) is 17.7 Å². The molecule has 0 unspecified atom stereocenters. The molecule has 3 aromatic rings. The van der Waals surface area contributed by atoms with Gasteiger partial charge in [0.15, 0.2) is 28.8 Å². The van der Waals surface area contributed by atoms with Crippen molar-refractivity contribution in [3.8, 4) is 23.0 Å². The largest absolute Gasteiger partial charge is 0.493 e. The van der Waals surface area contributed by atoms with Crippen LogP contribution in [0.4, 0.5) is 0 Å². The molecule has 7 heteroatoms. The molecule has 1 aromatic carbocycles. The minimum atomic E-state index is 0.278. The van der Waals surface area contributed by atoms with Crippen molar-refractivity contribution in [2.45, 2.75) is 26.2 Å². The molecule has 0 radical (unpaired) electrons. The van der Waals surface area contributed by atoms with Crippen LogP contribution in [-0.4, -0.2) is 34.1 Å². The van der Waals surface area contributed by atoms with E-state index in [9.17, 15) is 0 Å². The molecule has 0 fully saturated rings. The van der Waals surface area contributed by atoms with Crippen LogP contribution < -0.4 is 9.47 Å². The number of benzene rings is 1. The highest BCUT2D eigenvalue weighted by atomic mass is 16.5. The number of nitrogens with zero attached hydrogens (tertiary/aromatic N) is 4. The Labute approximate surface area is 146 Å². The quantitative estimate of drug-likeness (QED) is 0.685. The summed E-state index contributed by atoms with van der Waals surface area (Å²) in [6, 6.07) is 7.70. The van der Waals surface area contributed by atoms with Crippen molar-refractivity contribution in [3.05, 3.63) is 41.4 Å². The molecule has 0 atom stereocenters. The van der Waals surface area contributed by atoms with Gasteiger partial charge in [-0.25, -0.2) is 9.67 Å². The minimum absolute atomic E-state index is 0.278. The molecule has 7 nitrogen and oxygen atoms in total. The zero-order chi connectivity index (χ0) is 18.0. The molecule has 132 valence electrons. The van der Waals surface area contributed by atoms with Crippen molar-refractivity contribution >= 4 is 0 Å². The van der Waals surface area contributed by atoms with E-state index in [1.54, 1.807) is 18.9 Å². The van der Waals surface area contributed by atoms with Crippen LogP contribution in [0.5, 0.6) is 11.5 Å². The van der Waals surface area contributed by atoms with Gasteiger partial charge >= 0.3 is 0 Å². The summed E-state index contributed by atoms with van der Waals surface area (Å²) >= 11 is 0. The highest BCUT2D eigenvalue weighted by Crippen LogP contribution is 2.28. The standard InChI is InChI=1S/C18H22N4O3/c1-11(2)15-10-13(21-25-15)18-19-17(20-22(18)3)9-12-6-7-14(23-4)16(8-12)24-5/h6-8,10-11H,9H2,1-5H3. The van der Waals surface area contributed by atoms with Crippen molar-refractivity contribution in [2.75, 3.05) is 14.2 Å². The maximum atomic E-state index is 5.36. The smallest absolute Gasteiger partial charge is 0.180 e. The highest BCUT2D eigenvalue weighted by molar-refractivity contribution is 5.49. The first kappa shape index (κ1) is 17.0. The molecule has 0 saturated carbocycles. The Morgan fingerprint density at radius 3 is 2.52 bits per heavy atom. The third kappa shape index (κ3) is 3.50. The lowest BCUT2D eigenvalue weighted by molar-refractivity contribution is 0.354. The van der Waals surface area contributed by atoms with E-state index in [1.165, 1.54) is 0 Å². The second kappa shape index (κ2) is 6.96. The fraction of sp³-hybridized carbons (Fsp3) is 0.389. The number of rotatable bonds is 6. The molecule has 0 aliphatic rings. The van der Waals surface area contributed by atoms with E-state index < -0.39 is 0 Å². The van der Waals surface area contributed by atoms with E-state index in [-0.39, 0.29) is 5.92 Å². The van der Waals surface area contributed by atoms with Gasteiger partial charge in [-0.2, -0.15) is 5.10 Å². The Balaban J connectivity index is 1.85. The summed E-state index contributed by atoms with van der Waals surface area (Å²) in [4.78, 5) is 4.60. The fourth-order valence-electron chi connectivity index (χ4n) is 2.58. The predicted octanol–water partition coefficient (Wildman–Crippen LogP) is 3.20. The van der Waals surface area contributed by atoms with Crippen LogP contribution in [0.1, 0.15) is 36.9 Å². The Kier molecular flexibility index (Phi) is 4.74. The summed E-state index contributed by atoms with van der Waals surface area (Å²) in [6.45, 7) is 4.12. The Morgan fingerprint density at radius 2 is 1.88 bits per heavy atom. The van der Waals surface area contributed by atoms with Crippen LogP contribution in [0.25, 0.3) is 11.5 Å². The van der Waals surface area contributed by atoms with Gasteiger partial charge < -0.3 is 14.0 Å². The molecule has 0 N–H and O–H groups in total. The molecule has 2 aromatic heterocycles. The maximum Gasteiger partial charge on any atom is 0.180 e. The van der Waals surface area contributed by atoms with Crippen molar-refractivity contribution in [3.63, 3.8) is 0 Å². The lowest BCUT2D eigenvalue weighted by atomic mass is 10.1. The van der Waals surface area contributed by atoms with Gasteiger partial charge in [0.25, 0.3) is 0 Å². The van der Waals surface area contributed by atoms with E-state index in [4.69, 9.17) is 14.0 Å². The maximum absolute atomic E-state index is 5.36. The minimum Gasteiger partial charge on any atom is -0.493 e. The fourth-order valence-corrected chi connectivity index (χ4v) is 2.58. The summed E-state index contributed by atoms with van der Waals surface area (Å²) in [5.74, 6) is 3.89. The highest BCUT2D eigenvalue weighted by Gasteiger charge is 2.16. The first-order valence-corrected chi connectivity index (χ1v) is 8.09. The first-order chi connectivity index (χ1) is 12.0. The van der Waals surface area contributed by atoms with Gasteiger partial charge in [-0.15, -0.1) is 0 Å². The topological polar surface area (TPSA) is 75.2 Å². The van der Waals surface area contributed by atoms with Crippen molar-refractivity contribution < 1.29 is 14.0 Å². The molecule has 0 aliphatic heterocycles. The monoisotopic (exact) mass is 342 g/mol. The van der Waals surface area contributed by atoms with E-state index >= 15 is 0 Å². The summed E-state index contributed by atoms with van der Waals surface area (Å²) in [5.41, 5.74) is 1.73. The van der Waals surface area contributed by atoms with Crippen LogP contribution in [0.15, 0.2) is 28.8 Å². The number of ether oxygens (including phenoxy) is 2. The van der Waals surface area contributed by atoms with Gasteiger partial charge in [0.1, 0.15) is 5.76 Å². The number of aryl methyl sites for hydroxylation is 1. The number of aromatic nitrogens is 4. The molecular formula is C18H22N4O3. The lowest BCUT2D eigenvalue weighted by Gasteiger charge is -2.08. The third-order valence-corrected chi connectivity index (χ3v) is 3.94. The average Bonchev–Trinajstić information content (AvgIpc) is 3.21. The Bertz CT molecular complexity index is 867. The Hall–Kier alpha value is -2.83. The van der Waals surface area contributed by atoms with Crippen molar-refractivity contribution in [2.24, 2.45) is 7.05 Å². The van der Waals surface area contributed by atoms with Crippen molar-refractivity contribution in [1.29, 1.82) is 0 Å². The predicted molar refractivity (Wildman–Crippen MR) is 92.9 cm³/mol. The zero-order valence-electron chi connectivity index (χ0n) is 15.1. The average molecular weight is 342 g/mol. The SMILES string of the molecule is COc1ccc(Cc2nc(-c3cc(C(C)C)on3)n(C)n2)cc1OC. The molecule has 0 amide bonds. The number of methoxy groups -OCH3 is 2. The molecule has 0 saturated heterocycles. The summed E-state index contributed by atoms with van der Waals surface area (Å²) in [5, 5.41) is 8.59. The summed E-state index contributed by atoms with van der Waals surface area (Å²) in [6.07, 6.45) is 0.586. The second-order valence-electron chi connectivity index (χ2n) is 6.11.